The molecular weight excluding hydrogens is 444 g/mol. The van der Waals surface area contributed by atoms with E-state index in [-0.39, 0.29) is 6.10 Å². The summed E-state index contributed by atoms with van der Waals surface area (Å²) in [7, 11) is 0.424. The van der Waals surface area contributed by atoms with Gasteiger partial charge in [-0.3, -0.25) is 13.9 Å². The molecule has 7 heteroatoms. The summed E-state index contributed by atoms with van der Waals surface area (Å²) in [4.78, 5) is 10.4. The Morgan fingerprint density at radius 3 is 2.76 bits per heavy atom. The maximum Gasteiger partial charge on any atom is 0.157 e. The van der Waals surface area contributed by atoms with Gasteiger partial charge in [-0.05, 0) is 81.1 Å². The molecule has 6 rings (SSSR count). The standard InChI is InChI=1S/C27H32N4O2S/c1-33-23-12-16-30(18-23)22-5-2-6-24(17-22)34(32)31-19-25(27-26(31)7-3-13-28-27)20-8-10-21(11-9-20)29-14-4-15-29/h2-3,5-8,13,17,19,21,23H,4,9-12,14-16,18H2,1H3. The predicted octanol–water partition coefficient (Wildman–Crippen LogP) is 4.47. The van der Waals surface area contributed by atoms with Gasteiger partial charge in [0.15, 0.2) is 11.0 Å². The number of hydrogen-bond acceptors (Lipinski definition) is 5. The van der Waals surface area contributed by atoms with Crippen molar-refractivity contribution in [3.8, 4) is 0 Å². The van der Waals surface area contributed by atoms with Crippen molar-refractivity contribution in [2.75, 3.05) is 38.2 Å². The van der Waals surface area contributed by atoms with Gasteiger partial charge in [0.2, 0.25) is 0 Å². The molecule has 3 unspecified atom stereocenters. The van der Waals surface area contributed by atoms with Crippen molar-refractivity contribution in [3.05, 3.63) is 60.4 Å². The van der Waals surface area contributed by atoms with Crippen molar-refractivity contribution >= 4 is 33.3 Å². The summed E-state index contributed by atoms with van der Waals surface area (Å²) < 4.78 is 21.2. The zero-order valence-electron chi connectivity index (χ0n) is 19.7. The van der Waals surface area contributed by atoms with E-state index < -0.39 is 11.0 Å². The molecule has 1 aliphatic carbocycles. The minimum atomic E-state index is -1.35. The first kappa shape index (κ1) is 22.0. The number of methoxy groups -OCH3 is 1. The third-order valence-corrected chi connectivity index (χ3v) is 9.02. The van der Waals surface area contributed by atoms with Gasteiger partial charge >= 0.3 is 0 Å². The van der Waals surface area contributed by atoms with E-state index in [1.54, 1.807) is 7.11 Å². The summed E-state index contributed by atoms with van der Waals surface area (Å²) in [5.74, 6) is 0. The quantitative estimate of drug-likeness (QED) is 0.525. The molecule has 4 heterocycles. The third-order valence-electron chi connectivity index (χ3n) is 7.70. The van der Waals surface area contributed by atoms with Crippen LogP contribution in [0.2, 0.25) is 0 Å². The zero-order valence-corrected chi connectivity index (χ0v) is 20.5. The van der Waals surface area contributed by atoms with Gasteiger partial charge in [-0.1, -0.05) is 12.1 Å². The number of ether oxygens (including phenoxy) is 1. The Labute approximate surface area is 203 Å². The van der Waals surface area contributed by atoms with E-state index in [0.29, 0.717) is 6.04 Å². The molecule has 178 valence electrons. The van der Waals surface area contributed by atoms with Gasteiger partial charge < -0.3 is 9.64 Å². The number of aromatic nitrogens is 2. The molecule has 0 N–H and O–H groups in total. The Kier molecular flexibility index (Phi) is 6.01. The summed E-state index contributed by atoms with van der Waals surface area (Å²) in [5, 5.41) is 0. The van der Waals surface area contributed by atoms with E-state index in [0.717, 1.165) is 59.5 Å². The molecule has 3 aromatic rings. The van der Waals surface area contributed by atoms with Crippen LogP contribution in [-0.2, 0) is 15.7 Å². The van der Waals surface area contributed by atoms with Gasteiger partial charge in [0.1, 0.15) is 0 Å². The second kappa shape index (κ2) is 9.29. The first-order chi connectivity index (χ1) is 16.7. The number of allylic oxidation sites excluding steroid dienone is 1. The number of benzene rings is 1. The van der Waals surface area contributed by atoms with E-state index in [2.05, 4.69) is 34.2 Å². The summed E-state index contributed by atoms with van der Waals surface area (Å²) in [6.07, 6.45) is 12.3. The third kappa shape index (κ3) is 4.00. The smallest absolute Gasteiger partial charge is 0.157 e. The van der Waals surface area contributed by atoms with Crippen LogP contribution in [0, 0.1) is 0 Å². The zero-order chi connectivity index (χ0) is 23.1. The molecule has 1 aromatic carbocycles. The largest absolute Gasteiger partial charge is 0.380 e. The number of likely N-dealkylation sites (tertiary alicyclic amines) is 1. The number of hydrogen-bond donors (Lipinski definition) is 0. The Morgan fingerprint density at radius 1 is 1.12 bits per heavy atom. The lowest BCUT2D eigenvalue weighted by molar-refractivity contribution is 0.111. The van der Waals surface area contributed by atoms with Crippen LogP contribution in [0.15, 0.2) is 59.8 Å². The Morgan fingerprint density at radius 2 is 2.03 bits per heavy atom. The summed E-state index contributed by atoms with van der Waals surface area (Å²) in [5.41, 5.74) is 5.44. The average molecular weight is 477 g/mol. The second-order valence-electron chi connectivity index (χ2n) is 9.63. The molecule has 0 amide bonds. The number of fused-ring (bicyclic) bond motifs is 1. The fraction of sp³-hybridized carbons (Fsp3) is 0.444. The van der Waals surface area contributed by atoms with E-state index in [1.807, 2.05) is 34.4 Å². The Bertz CT molecular complexity index is 1250. The highest BCUT2D eigenvalue weighted by molar-refractivity contribution is 7.83. The molecule has 3 aliphatic rings. The van der Waals surface area contributed by atoms with Crippen LogP contribution in [0.25, 0.3) is 16.6 Å². The van der Waals surface area contributed by atoms with Gasteiger partial charge in [-0.15, -0.1) is 0 Å². The topological polar surface area (TPSA) is 50.6 Å². The number of nitrogens with zero attached hydrogens (tertiary/aromatic N) is 4. The summed E-state index contributed by atoms with van der Waals surface area (Å²) in [6.45, 7) is 4.33. The molecule has 34 heavy (non-hydrogen) atoms. The van der Waals surface area contributed by atoms with Crippen LogP contribution < -0.4 is 4.90 Å². The van der Waals surface area contributed by atoms with Gasteiger partial charge in [0.25, 0.3) is 0 Å². The molecule has 0 spiro atoms. The monoisotopic (exact) mass is 476 g/mol. The van der Waals surface area contributed by atoms with Crippen molar-refractivity contribution < 1.29 is 8.95 Å². The SMILES string of the molecule is COC1CCN(c2cccc(S(=O)n3cc(C4=CCC(N5CCC5)CC4)c4ncccc43)c2)C1. The highest BCUT2D eigenvalue weighted by atomic mass is 32.2. The van der Waals surface area contributed by atoms with Crippen molar-refractivity contribution in [2.45, 2.75) is 49.1 Å². The Hall–Kier alpha value is -2.48. The molecule has 2 saturated heterocycles. The van der Waals surface area contributed by atoms with Crippen LogP contribution in [0.3, 0.4) is 0 Å². The van der Waals surface area contributed by atoms with Crippen LogP contribution in [0.1, 0.15) is 37.7 Å². The minimum absolute atomic E-state index is 0.264. The van der Waals surface area contributed by atoms with Crippen molar-refractivity contribution in [1.82, 2.24) is 13.9 Å². The minimum Gasteiger partial charge on any atom is -0.380 e. The maximum atomic E-state index is 13.8. The first-order valence-corrected chi connectivity index (χ1v) is 13.5. The van der Waals surface area contributed by atoms with Gasteiger partial charge in [-0.2, -0.15) is 0 Å². The molecule has 2 fully saturated rings. The fourth-order valence-electron chi connectivity index (χ4n) is 5.56. The lowest BCUT2D eigenvalue weighted by atomic mass is 9.89. The molecule has 0 radical (unpaired) electrons. The van der Waals surface area contributed by atoms with Crippen LogP contribution in [0.4, 0.5) is 5.69 Å². The molecule has 0 saturated carbocycles. The number of pyridine rings is 1. The molecule has 6 nitrogen and oxygen atoms in total. The predicted molar refractivity (Wildman–Crippen MR) is 137 cm³/mol. The molecule has 2 aliphatic heterocycles. The van der Waals surface area contributed by atoms with E-state index >= 15 is 0 Å². The second-order valence-corrected chi connectivity index (χ2v) is 11.0. The lowest BCUT2D eigenvalue weighted by Crippen LogP contribution is -2.45. The molecular formula is C27H32N4O2S. The van der Waals surface area contributed by atoms with Crippen LogP contribution in [0.5, 0.6) is 0 Å². The molecule has 0 bridgehead atoms. The first-order valence-electron chi connectivity index (χ1n) is 12.4. The lowest BCUT2D eigenvalue weighted by Gasteiger charge is -2.39. The van der Waals surface area contributed by atoms with Crippen molar-refractivity contribution in [2.24, 2.45) is 0 Å². The molecule has 3 atom stereocenters. The Balaban J connectivity index is 1.30. The number of rotatable bonds is 6. The van der Waals surface area contributed by atoms with Gasteiger partial charge in [0.05, 0.1) is 22.0 Å². The van der Waals surface area contributed by atoms with Crippen LogP contribution in [-0.4, -0.2) is 63.5 Å². The van der Waals surface area contributed by atoms with Crippen molar-refractivity contribution in [1.29, 1.82) is 0 Å². The summed E-state index contributed by atoms with van der Waals surface area (Å²) >= 11 is 0. The highest BCUT2D eigenvalue weighted by Gasteiger charge is 2.27. The molecule has 2 aromatic heterocycles. The van der Waals surface area contributed by atoms with E-state index in [4.69, 9.17) is 9.72 Å². The fourth-order valence-corrected chi connectivity index (χ4v) is 6.73. The maximum absolute atomic E-state index is 13.8. The van der Waals surface area contributed by atoms with Gasteiger partial charge in [0, 0.05) is 49.9 Å². The van der Waals surface area contributed by atoms with E-state index in [1.165, 1.54) is 31.5 Å². The summed E-state index contributed by atoms with van der Waals surface area (Å²) in [6, 6.07) is 12.8. The van der Waals surface area contributed by atoms with Crippen LogP contribution >= 0.6 is 0 Å². The average Bonchev–Trinajstić information content (AvgIpc) is 3.49. The van der Waals surface area contributed by atoms with Gasteiger partial charge in [-0.25, -0.2) is 4.21 Å². The van der Waals surface area contributed by atoms with E-state index in [9.17, 15) is 4.21 Å². The van der Waals surface area contributed by atoms with Crippen molar-refractivity contribution in [3.63, 3.8) is 0 Å². The highest BCUT2D eigenvalue weighted by Crippen LogP contribution is 2.35. The normalized spacial score (nSPS) is 24.3. The number of anilines is 1.